The maximum Gasteiger partial charge on any atom is 0.226 e. The molecule has 2 aromatic heterocycles. The molecule has 1 aliphatic rings. The van der Waals surface area contributed by atoms with Crippen LogP contribution in [0.4, 0.5) is 5.82 Å². The molecular formula is C20H21N5O. The van der Waals surface area contributed by atoms with E-state index in [4.69, 9.17) is 0 Å². The summed E-state index contributed by atoms with van der Waals surface area (Å²) in [5, 5.41) is 3.01. The molecule has 0 atom stereocenters. The van der Waals surface area contributed by atoms with Gasteiger partial charge in [-0.2, -0.15) is 0 Å². The van der Waals surface area contributed by atoms with Crippen molar-refractivity contribution in [1.82, 2.24) is 19.9 Å². The topological polar surface area (TPSA) is 63.1 Å². The largest absolute Gasteiger partial charge is 0.355 e. The van der Waals surface area contributed by atoms with Crippen LogP contribution in [-0.4, -0.2) is 40.1 Å². The van der Waals surface area contributed by atoms with E-state index in [0.717, 1.165) is 23.6 Å². The zero-order valence-electron chi connectivity index (χ0n) is 14.5. The van der Waals surface area contributed by atoms with Crippen molar-refractivity contribution in [3.8, 4) is 11.3 Å². The smallest absolute Gasteiger partial charge is 0.226 e. The van der Waals surface area contributed by atoms with Gasteiger partial charge in [-0.1, -0.05) is 30.3 Å². The lowest BCUT2D eigenvalue weighted by Gasteiger charge is -2.39. The van der Waals surface area contributed by atoms with Crippen LogP contribution in [0.15, 0.2) is 67.3 Å². The van der Waals surface area contributed by atoms with Gasteiger partial charge in [-0.05, 0) is 12.1 Å². The molecule has 1 amide bonds. The molecule has 0 unspecified atom stereocenters. The lowest BCUT2D eigenvalue weighted by Crippen LogP contribution is -2.54. The molecule has 1 aliphatic heterocycles. The second kappa shape index (κ2) is 7.39. The molecule has 3 heterocycles. The normalized spacial score (nSPS) is 14.1. The van der Waals surface area contributed by atoms with E-state index in [2.05, 4.69) is 24.8 Å². The minimum absolute atomic E-state index is 0.0230. The number of hydrogen-bond acceptors (Lipinski definition) is 4. The fourth-order valence-electron chi connectivity index (χ4n) is 3.09. The Morgan fingerprint density at radius 1 is 1.08 bits per heavy atom. The number of anilines is 1. The molecule has 3 aromatic rings. The highest BCUT2D eigenvalue weighted by Gasteiger charge is 2.33. The molecule has 132 valence electrons. The summed E-state index contributed by atoms with van der Waals surface area (Å²) in [6.07, 6.45) is 5.58. The van der Waals surface area contributed by atoms with Gasteiger partial charge in [0.15, 0.2) is 0 Å². The molecule has 1 aromatic carbocycles. The number of nitrogens with one attached hydrogen (secondary N) is 1. The first-order valence-electron chi connectivity index (χ1n) is 8.80. The van der Waals surface area contributed by atoms with Crippen molar-refractivity contribution in [3.63, 3.8) is 0 Å². The number of carbonyl (C=O) groups excluding carboxylic acids is 1. The zero-order valence-corrected chi connectivity index (χ0v) is 14.5. The van der Waals surface area contributed by atoms with Crippen LogP contribution >= 0.6 is 0 Å². The van der Waals surface area contributed by atoms with Gasteiger partial charge in [-0.3, -0.25) is 4.79 Å². The third-order valence-corrected chi connectivity index (χ3v) is 4.63. The summed E-state index contributed by atoms with van der Waals surface area (Å²) >= 11 is 0. The molecule has 6 heteroatoms. The average molecular weight is 347 g/mol. The number of rotatable bonds is 6. The van der Waals surface area contributed by atoms with Crippen LogP contribution < -0.4 is 10.2 Å². The maximum absolute atomic E-state index is 12.2. The lowest BCUT2D eigenvalue weighted by molar-refractivity contribution is -0.125. The van der Waals surface area contributed by atoms with Crippen LogP contribution in [0.25, 0.3) is 11.3 Å². The molecule has 26 heavy (non-hydrogen) atoms. The molecule has 6 nitrogen and oxygen atoms in total. The predicted octanol–water partition coefficient (Wildman–Crippen LogP) is 2.20. The number of benzene rings is 1. The summed E-state index contributed by atoms with van der Waals surface area (Å²) in [7, 11) is 0. The van der Waals surface area contributed by atoms with Crippen LogP contribution in [0.5, 0.6) is 0 Å². The molecule has 1 N–H and O–H groups in total. The van der Waals surface area contributed by atoms with Gasteiger partial charge in [0, 0.05) is 50.2 Å². The third kappa shape index (κ3) is 3.59. The van der Waals surface area contributed by atoms with Gasteiger partial charge in [0.05, 0.1) is 11.6 Å². The molecule has 0 spiro atoms. The van der Waals surface area contributed by atoms with E-state index in [9.17, 15) is 4.79 Å². The fourth-order valence-corrected chi connectivity index (χ4v) is 3.09. The number of carbonyl (C=O) groups is 1. The summed E-state index contributed by atoms with van der Waals surface area (Å²) in [6.45, 7) is 2.83. The van der Waals surface area contributed by atoms with Crippen LogP contribution in [0.2, 0.25) is 0 Å². The first-order chi connectivity index (χ1) is 12.8. The van der Waals surface area contributed by atoms with Gasteiger partial charge in [0.25, 0.3) is 0 Å². The number of aromatic nitrogens is 3. The van der Waals surface area contributed by atoms with E-state index in [-0.39, 0.29) is 11.8 Å². The molecule has 0 bridgehead atoms. The molecule has 0 saturated carbocycles. The SMILES string of the molecule is O=C(NCCn1cccc1)C1CN(c2cc(-c3ccccc3)ncn2)C1. The molecular weight excluding hydrogens is 326 g/mol. The Kier molecular flexibility index (Phi) is 4.64. The van der Waals surface area contributed by atoms with E-state index < -0.39 is 0 Å². The minimum atomic E-state index is 0.0230. The molecule has 1 saturated heterocycles. The Morgan fingerprint density at radius 2 is 1.85 bits per heavy atom. The number of hydrogen-bond donors (Lipinski definition) is 1. The second-order valence-electron chi connectivity index (χ2n) is 6.44. The third-order valence-electron chi connectivity index (χ3n) is 4.63. The fraction of sp³-hybridized carbons (Fsp3) is 0.250. The van der Waals surface area contributed by atoms with Crippen molar-refractivity contribution in [2.24, 2.45) is 5.92 Å². The number of amides is 1. The first kappa shape index (κ1) is 16.3. The van der Waals surface area contributed by atoms with E-state index in [1.165, 1.54) is 0 Å². The van der Waals surface area contributed by atoms with E-state index in [0.29, 0.717) is 19.6 Å². The highest BCUT2D eigenvalue weighted by atomic mass is 16.2. The lowest BCUT2D eigenvalue weighted by atomic mass is 9.99. The van der Waals surface area contributed by atoms with Crippen LogP contribution in [0.3, 0.4) is 0 Å². The average Bonchev–Trinajstić information content (AvgIpc) is 3.15. The minimum Gasteiger partial charge on any atom is -0.355 e. The summed E-state index contributed by atoms with van der Waals surface area (Å²) in [5.41, 5.74) is 1.96. The second-order valence-corrected chi connectivity index (χ2v) is 6.44. The quantitative estimate of drug-likeness (QED) is 0.742. The van der Waals surface area contributed by atoms with Gasteiger partial charge < -0.3 is 14.8 Å². The first-order valence-corrected chi connectivity index (χ1v) is 8.80. The monoisotopic (exact) mass is 347 g/mol. The van der Waals surface area contributed by atoms with Gasteiger partial charge >= 0.3 is 0 Å². The van der Waals surface area contributed by atoms with Gasteiger partial charge in [-0.15, -0.1) is 0 Å². The van der Waals surface area contributed by atoms with Gasteiger partial charge in [0.2, 0.25) is 5.91 Å². The molecule has 4 rings (SSSR count). The van der Waals surface area contributed by atoms with Crippen molar-refractivity contribution < 1.29 is 4.79 Å². The van der Waals surface area contributed by atoms with Crippen LogP contribution in [0.1, 0.15) is 0 Å². The molecule has 0 aliphatic carbocycles. The maximum atomic E-state index is 12.2. The van der Waals surface area contributed by atoms with Crippen molar-refractivity contribution in [2.75, 3.05) is 24.5 Å². The number of nitrogens with zero attached hydrogens (tertiary/aromatic N) is 4. The van der Waals surface area contributed by atoms with Crippen molar-refractivity contribution in [2.45, 2.75) is 6.54 Å². The van der Waals surface area contributed by atoms with Crippen molar-refractivity contribution in [3.05, 3.63) is 67.3 Å². The molecule has 0 radical (unpaired) electrons. The van der Waals surface area contributed by atoms with E-state index >= 15 is 0 Å². The Balaban J connectivity index is 1.30. The highest BCUT2D eigenvalue weighted by molar-refractivity contribution is 5.81. The Bertz CT molecular complexity index is 857. The highest BCUT2D eigenvalue weighted by Crippen LogP contribution is 2.26. The molecule has 1 fully saturated rings. The summed E-state index contributed by atoms with van der Waals surface area (Å²) in [4.78, 5) is 23.1. The van der Waals surface area contributed by atoms with Crippen LogP contribution in [-0.2, 0) is 11.3 Å². The summed E-state index contributed by atoms with van der Waals surface area (Å²) < 4.78 is 2.05. The Morgan fingerprint density at radius 3 is 2.62 bits per heavy atom. The zero-order chi connectivity index (χ0) is 17.8. The van der Waals surface area contributed by atoms with E-state index in [1.807, 2.05) is 60.9 Å². The van der Waals surface area contributed by atoms with Gasteiger partial charge in [-0.25, -0.2) is 9.97 Å². The predicted molar refractivity (Wildman–Crippen MR) is 101 cm³/mol. The summed E-state index contributed by atoms with van der Waals surface area (Å²) in [5.74, 6) is 1.01. The van der Waals surface area contributed by atoms with Crippen molar-refractivity contribution >= 4 is 11.7 Å². The van der Waals surface area contributed by atoms with Crippen LogP contribution in [0, 0.1) is 5.92 Å². The Labute approximate surface area is 152 Å². The van der Waals surface area contributed by atoms with Crippen molar-refractivity contribution in [1.29, 1.82) is 0 Å². The Hall–Kier alpha value is -3.15. The van der Waals surface area contributed by atoms with E-state index in [1.54, 1.807) is 6.33 Å². The summed E-state index contributed by atoms with van der Waals surface area (Å²) in [6, 6.07) is 16.0. The standard InChI is InChI=1S/C20H21N5O/c26-20(21-8-11-24-9-4-5-10-24)17-13-25(14-17)19-12-18(22-15-23-19)16-6-2-1-3-7-16/h1-7,9-10,12,15,17H,8,11,13-14H2,(H,21,26). The van der Waals surface area contributed by atoms with Gasteiger partial charge in [0.1, 0.15) is 12.1 Å².